The minimum atomic E-state index is -3.66. The summed E-state index contributed by atoms with van der Waals surface area (Å²) in [6.07, 6.45) is 1.70. The van der Waals surface area contributed by atoms with E-state index in [2.05, 4.69) is 5.32 Å². The average Bonchev–Trinajstić information content (AvgIpc) is 2.82. The first kappa shape index (κ1) is 31.0. The minimum absolute atomic E-state index is 0.0109. The Morgan fingerprint density at radius 1 is 1.05 bits per heavy atom. The molecule has 0 saturated heterocycles. The fourth-order valence-electron chi connectivity index (χ4n) is 3.86. The smallest absolute Gasteiger partial charge is 0.242 e. The third-order valence-electron chi connectivity index (χ3n) is 5.67. The van der Waals surface area contributed by atoms with Crippen molar-refractivity contribution >= 4 is 62.3 Å². The molecule has 0 aliphatic heterocycles. The van der Waals surface area contributed by atoms with E-state index in [0.717, 1.165) is 6.26 Å². The molecule has 8 nitrogen and oxygen atoms in total. The third kappa shape index (κ3) is 8.67. The van der Waals surface area contributed by atoms with Gasteiger partial charge in [-0.2, -0.15) is 0 Å². The van der Waals surface area contributed by atoms with Crippen molar-refractivity contribution in [3.05, 3.63) is 57.0 Å². The van der Waals surface area contributed by atoms with Crippen LogP contribution >= 0.6 is 34.8 Å². The Morgan fingerprint density at radius 2 is 1.76 bits per heavy atom. The maximum atomic E-state index is 13.4. The van der Waals surface area contributed by atoms with Crippen LogP contribution in [0.1, 0.15) is 38.7 Å². The minimum Gasteiger partial charge on any atom is -0.495 e. The van der Waals surface area contributed by atoms with Crippen LogP contribution in [0.5, 0.6) is 5.75 Å². The van der Waals surface area contributed by atoms with E-state index >= 15 is 0 Å². The van der Waals surface area contributed by atoms with Crippen LogP contribution in [0, 0.1) is 0 Å². The maximum Gasteiger partial charge on any atom is 0.242 e. The molecule has 2 aromatic carbocycles. The van der Waals surface area contributed by atoms with Crippen LogP contribution in [-0.4, -0.2) is 57.6 Å². The van der Waals surface area contributed by atoms with E-state index in [1.807, 2.05) is 6.92 Å². The van der Waals surface area contributed by atoms with Crippen molar-refractivity contribution in [1.29, 1.82) is 0 Å². The number of hydrogen-bond acceptors (Lipinski definition) is 5. The summed E-state index contributed by atoms with van der Waals surface area (Å²) in [6.45, 7) is 4.20. The lowest BCUT2D eigenvalue weighted by molar-refractivity contribution is -0.141. The topological polar surface area (TPSA) is 96.0 Å². The molecule has 0 aliphatic carbocycles. The number of hydrogen-bond donors (Lipinski definition) is 1. The van der Waals surface area contributed by atoms with Gasteiger partial charge in [-0.3, -0.25) is 13.9 Å². The van der Waals surface area contributed by atoms with Gasteiger partial charge in [-0.15, -0.1) is 0 Å². The number of halogens is 3. The number of rotatable bonds is 13. The van der Waals surface area contributed by atoms with Crippen molar-refractivity contribution in [2.24, 2.45) is 0 Å². The molecule has 37 heavy (non-hydrogen) atoms. The zero-order valence-electron chi connectivity index (χ0n) is 21.3. The fourth-order valence-corrected chi connectivity index (χ4v) is 5.54. The van der Waals surface area contributed by atoms with Gasteiger partial charge in [-0.1, -0.05) is 47.8 Å². The Morgan fingerprint density at radius 3 is 2.30 bits per heavy atom. The highest BCUT2D eigenvalue weighted by Crippen LogP contribution is 2.30. The van der Waals surface area contributed by atoms with Crippen molar-refractivity contribution in [2.75, 3.05) is 30.8 Å². The van der Waals surface area contributed by atoms with Crippen LogP contribution in [0.4, 0.5) is 5.69 Å². The number of amides is 2. The summed E-state index contributed by atoms with van der Waals surface area (Å²) in [5.41, 5.74) is 1.01. The van der Waals surface area contributed by atoms with E-state index in [4.69, 9.17) is 39.5 Å². The summed E-state index contributed by atoms with van der Waals surface area (Å²) in [5.74, 6) is -0.152. The number of benzene rings is 2. The highest BCUT2D eigenvalue weighted by Gasteiger charge is 2.29. The van der Waals surface area contributed by atoms with E-state index in [1.54, 1.807) is 37.3 Å². The molecule has 1 unspecified atom stereocenters. The number of nitrogens with one attached hydrogen (secondary N) is 1. The van der Waals surface area contributed by atoms with E-state index in [0.29, 0.717) is 40.0 Å². The van der Waals surface area contributed by atoms with Gasteiger partial charge < -0.3 is 15.0 Å². The Labute approximate surface area is 233 Å². The van der Waals surface area contributed by atoms with Crippen LogP contribution < -0.4 is 14.4 Å². The number of carbonyl (C=O) groups excluding carboxylic acids is 2. The predicted molar refractivity (Wildman–Crippen MR) is 149 cm³/mol. The first-order chi connectivity index (χ1) is 17.4. The summed E-state index contributed by atoms with van der Waals surface area (Å²) in [5, 5.41) is 3.89. The number of likely N-dealkylation sites (N-methyl/N-ethyl adjacent to an activating group) is 1. The highest BCUT2D eigenvalue weighted by molar-refractivity contribution is 7.92. The molecule has 204 valence electrons. The molecule has 2 amide bonds. The molecule has 12 heteroatoms. The molecule has 2 rings (SSSR count). The van der Waals surface area contributed by atoms with Gasteiger partial charge in [0, 0.05) is 36.1 Å². The Hall–Kier alpha value is -2.20. The summed E-state index contributed by atoms with van der Waals surface area (Å²) < 4.78 is 31.3. The van der Waals surface area contributed by atoms with E-state index < -0.39 is 16.1 Å². The second-order valence-electron chi connectivity index (χ2n) is 8.33. The van der Waals surface area contributed by atoms with Gasteiger partial charge in [0.15, 0.2) is 0 Å². The summed E-state index contributed by atoms with van der Waals surface area (Å²) >= 11 is 18.6. The second-order valence-corrected chi connectivity index (χ2v) is 11.5. The Balaban J connectivity index is 2.25. The van der Waals surface area contributed by atoms with Gasteiger partial charge in [0.1, 0.15) is 11.8 Å². The van der Waals surface area contributed by atoms with Crippen LogP contribution in [0.15, 0.2) is 36.4 Å². The molecule has 0 bridgehead atoms. The number of ether oxygens (including phenoxy) is 1. The standard InChI is InChI=1S/C25H32Cl3N3O5S/c1-5-22(25(33)29-6-2)30(16-17-9-10-18(26)14-20(17)27)24(32)8-7-13-31(37(4,34)35)19-11-12-23(36-3)21(28)15-19/h9-12,14-15,22H,5-8,13,16H2,1-4H3,(H,29,33). The van der Waals surface area contributed by atoms with E-state index in [9.17, 15) is 18.0 Å². The largest absolute Gasteiger partial charge is 0.495 e. The lowest BCUT2D eigenvalue weighted by atomic mass is 10.1. The van der Waals surface area contributed by atoms with Gasteiger partial charge in [-0.25, -0.2) is 8.42 Å². The lowest BCUT2D eigenvalue weighted by Gasteiger charge is -2.31. The monoisotopic (exact) mass is 591 g/mol. The first-order valence-electron chi connectivity index (χ1n) is 11.7. The van der Waals surface area contributed by atoms with Gasteiger partial charge >= 0.3 is 0 Å². The van der Waals surface area contributed by atoms with Crippen LogP contribution in [0.25, 0.3) is 0 Å². The number of sulfonamides is 1. The van der Waals surface area contributed by atoms with Crippen molar-refractivity contribution in [3.8, 4) is 5.75 Å². The molecular weight excluding hydrogens is 561 g/mol. The predicted octanol–water partition coefficient (Wildman–Crippen LogP) is 5.15. The van der Waals surface area contributed by atoms with Gasteiger partial charge in [-0.05, 0) is 55.7 Å². The third-order valence-corrected chi connectivity index (χ3v) is 7.74. The lowest BCUT2D eigenvalue weighted by Crippen LogP contribution is -2.49. The van der Waals surface area contributed by atoms with Crippen LogP contribution in [0.3, 0.4) is 0 Å². The SMILES string of the molecule is CCNC(=O)C(CC)N(Cc1ccc(Cl)cc1Cl)C(=O)CCCN(c1ccc(OC)c(Cl)c1)S(C)(=O)=O. The Bertz CT molecular complexity index is 1210. The summed E-state index contributed by atoms with van der Waals surface area (Å²) in [6, 6.07) is 8.92. The highest BCUT2D eigenvalue weighted by atomic mass is 35.5. The van der Waals surface area contributed by atoms with Gasteiger partial charge in [0.05, 0.1) is 24.1 Å². The quantitative estimate of drug-likeness (QED) is 0.347. The van der Waals surface area contributed by atoms with Crippen molar-refractivity contribution < 1.29 is 22.7 Å². The van der Waals surface area contributed by atoms with Crippen molar-refractivity contribution in [2.45, 2.75) is 45.7 Å². The molecule has 0 aromatic heterocycles. The molecule has 1 N–H and O–H groups in total. The number of nitrogens with zero attached hydrogens (tertiary/aromatic N) is 2. The maximum absolute atomic E-state index is 13.4. The number of carbonyl (C=O) groups is 2. The summed E-state index contributed by atoms with van der Waals surface area (Å²) in [7, 11) is -2.19. The van der Waals surface area contributed by atoms with Crippen molar-refractivity contribution in [3.63, 3.8) is 0 Å². The number of methoxy groups -OCH3 is 1. The normalized spacial score (nSPS) is 12.1. The molecule has 1 atom stereocenters. The van der Waals surface area contributed by atoms with Gasteiger partial charge in [0.2, 0.25) is 21.8 Å². The average molecular weight is 593 g/mol. The molecular formula is C25H32Cl3N3O5S. The van der Waals surface area contributed by atoms with Crippen molar-refractivity contribution in [1.82, 2.24) is 10.2 Å². The number of anilines is 1. The zero-order chi connectivity index (χ0) is 27.8. The van der Waals surface area contributed by atoms with Crippen LogP contribution in [0.2, 0.25) is 15.1 Å². The van der Waals surface area contributed by atoms with Gasteiger partial charge in [0.25, 0.3) is 0 Å². The second kappa shape index (κ2) is 14.1. The van der Waals surface area contributed by atoms with E-state index in [1.165, 1.54) is 22.4 Å². The Kier molecular flexibility index (Phi) is 11.8. The molecule has 0 aliphatic rings. The van der Waals surface area contributed by atoms with E-state index in [-0.39, 0.29) is 42.8 Å². The van der Waals surface area contributed by atoms with Crippen LogP contribution in [-0.2, 0) is 26.2 Å². The molecule has 0 fully saturated rings. The molecule has 2 aromatic rings. The molecule has 0 heterocycles. The zero-order valence-corrected chi connectivity index (χ0v) is 24.3. The molecule has 0 saturated carbocycles. The summed E-state index contributed by atoms with van der Waals surface area (Å²) in [4.78, 5) is 27.7. The molecule has 0 spiro atoms. The molecule has 0 radical (unpaired) electrons. The first-order valence-corrected chi connectivity index (χ1v) is 14.7. The fraction of sp³-hybridized carbons (Fsp3) is 0.440.